The molecule has 7 nitrogen and oxygen atoms in total. The summed E-state index contributed by atoms with van der Waals surface area (Å²) in [6.07, 6.45) is 6.06. The first kappa shape index (κ1) is 20.1. The molecule has 1 spiro atoms. The van der Waals surface area contributed by atoms with Gasteiger partial charge >= 0.3 is 0 Å². The van der Waals surface area contributed by atoms with Crippen molar-refractivity contribution in [3.63, 3.8) is 0 Å². The molecule has 1 atom stereocenters. The van der Waals surface area contributed by atoms with Gasteiger partial charge in [0.2, 0.25) is 10.0 Å². The third-order valence-corrected chi connectivity index (χ3v) is 7.68. The Labute approximate surface area is 182 Å². The van der Waals surface area contributed by atoms with Crippen molar-refractivity contribution in [1.82, 2.24) is 19.2 Å². The van der Waals surface area contributed by atoms with E-state index >= 15 is 0 Å². The molecule has 0 saturated carbocycles. The number of ether oxygens (including phenoxy) is 1. The quantitative estimate of drug-likeness (QED) is 0.626. The molecule has 0 aliphatic carbocycles. The van der Waals surface area contributed by atoms with E-state index in [1.54, 1.807) is 30.6 Å². The Morgan fingerprint density at radius 1 is 0.968 bits per heavy atom. The number of pyridine rings is 2. The van der Waals surface area contributed by atoms with Crippen molar-refractivity contribution in [2.45, 2.75) is 30.0 Å². The van der Waals surface area contributed by atoms with Crippen molar-refractivity contribution in [3.8, 4) is 5.75 Å². The predicted molar refractivity (Wildman–Crippen MR) is 116 cm³/mol. The van der Waals surface area contributed by atoms with Crippen LogP contribution in [0.25, 0.3) is 0 Å². The summed E-state index contributed by atoms with van der Waals surface area (Å²) in [4.78, 5) is 11.1. The van der Waals surface area contributed by atoms with E-state index in [0.29, 0.717) is 18.0 Å². The summed E-state index contributed by atoms with van der Waals surface area (Å²) in [6.45, 7) is 2.72. The number of fused-ring (bicyclic) bond motifs is 1. The highest BCUT2D eigenvalue weighted by atomic mass is 32.2. The van der Waals surface area contributed by atoms with E-state index in [-0.39, 0.29) is 18.0 Å². The molecule has 0 radical (unpaired) electrons. The van der Waals surface area contributed by atoms with Crippen LogP contribution in [-0.4, -0.2) is 52.8 Å². The molecule has 1 aromatic carbocycles. The van der Waals surface area contributed by atoms with Crippen LogP contribution in [0.3, 0.4) is 0 Å². The SMILES string of the molecule is O=S1(=O)c2ccccc2O[C@]2(CCN(Cc3cccnc3)C2)CN1Cc1ccccn1. The third kappa shape index (κ3) is 4.06. The summed E-state index contributed by atoms with van der Waals surface area (Å²) in [6, 6.07) is 16.5. The van der Waals surface area contributed by atoms with Gasteiger partial charge in [0.05, 0.1) is 18.8 Å². The average Bonchev–Trinajstić information content (AvgIpc) is 3.13. The number of aromatic nitrogens is 2. The van der Waals surface area contributed by atoms with Crippen molar-refractivity contribution in [2.24, 2.45) is 0 Å². The van der Waals surface area contributed by atoms with Crippen LogP contribution in [0.5, 0.6) is 5.75 Å². The molecular weight excluding hydrogens is 412 g/mol. The normalized spacial score (nSPS) is 23.2. The summed E-state index contributed by atoms with van der Waals surface area (Å²) in [7, 11) is -3.72. The lowest BCUT2D eigenvalue weighted by Gasteiger charge is -2.32. The number of rotatable bonds is 4. The fourth-order valence-electron chi connectivity index (χ4n) is 4.40. The smallest absolute Gasteiger partial charge is 0.247 e. The molecule has 4 heterocycles. The van der Waals surface area contributed by atoms with Gasteiger partial charge in [0, 0.05) is 44.6 Å². The van der Waals surface area contributed by atoms with Crippen LogP contribution in [-0.2, 0) is 23.1 Å². The highest BCUT2D eigenvalue weighted by molar-refractivity contribution is 7.89. The van der Waals surface area contributed by atoms with Gasteiger partial charge in [0.25, 0.3) is 0 Å². The maximum Gasteiger partial charge on any atom is 0.247 e. The van der Waals surface area contributed by atoms with Crippen LogP contribution >= 0.6 is 0 Å². The first-order valence-corrected chi connectivity index (χ1v) is 11.8. The molecule has 160 valence electrons. The zero-order valence-corrected chi connectivity index (χ0v) is 17.9. The summed E-state index contributed by atoms with van der Waals surface area (Å²) in [5, 5.41) is 0. The van der Waals surface area contributed by atoms with Gasteiger partial charge in [-0.05, 0) is 35.9 Å². The highest BCUT2D eigenvalue weighted by Gasteiger charge is 2.47. The monoisotopic (exact) mass is 436 g/mol. The molecule has 2 aliphatic heterocycles. The number of hydrogen-bond donors (Lipinski definition) is 0. The molecule has 1 saturated heterocycles. The van der Waals surface area contributed by atoms with Crippen LogP contribution in [0.1, 0.15) is 17.7 Å². The summed E-state index contributed by atoms with van der Waals surface area (Å²) < 4.78 is 35.1. The number of nitrogens with zero attached hydrogens (tertiary/aromatic N) is 4. The van der Waals surface area contributed by atoms with Gasteiger partial charge < -0.3 is 4.74 Å². The molecule has 31 heavy (non-hydrogen) atoms. The van der Waals surface area contributed by atoms with E-state index in [0.717, 1.165) is 25.1 Å². The van der Waals surface area contributed by atoms with Crippen molar-refractivity contribution < 1.29 is 13.2 Å². The van der Waals surface area contributed by atoms with Gasteiger partial charge in [-0.15, -0.1) is 0 Å². The maximum atomic E-state index is 13.5. The fraction of sp³-hybridized carbons (Fsp3) is 0.304. The van der Waals surface area contributed by atoms with Crippen LogP contribution < -0.4 is 4.74 Å². The predicted octanol–water partition coefficient (Wildman–Crippen LogP) is 2.70. The van der Waals surface area contributed by atoms with E-state index in [2.05, 4.69) is 20.9 Å². The van der Waals surface area contributed by atoms with Gasteiger partial charge in [-0.25, -0.2) is 8.42 Å². The Morgan fingerprint density at radius 2 is 1.84 bits per heavy atom. The van der Waals surface area contributed by atoms with Crippen molar-refractivity contribution in [1.29, 1.82) is 0 Å². The van der Waals surface area contributed by atoms with Crippen molar-refractivity contribution in [2.75, 3.05) is 19.6 Å². The Bertz CT molecular complexity index is 1160. The summed E-state index contributed by atoms with van der Waals surface area (Å²) in [5.41, 5.74) is 1.23. The second-order valence-corrected chi connectivity index (χ2v) is 10.1. The largest absolute Gasteiger partial charge is 0.483 e. The molecule has 2 aromatic heterocycles. The third-order valence-electron chi connectivity index (χ3n) is 5.85. The second kappa shape index (κ2) is 8.03. The average molecular weight is 437 g/mol. The molecule has 0 unspecified atom stereocenters. The van der Waals surface area contributed by atoms with Crippen LogP contribution in [0, 0.1) is 0 Å². The molecular formula is C23H24N4O3S. The molecule has 0 bridgehead atoms. The zero-order chi connectivity index (χ0) is 21.3. The van der Waals surface area contributed by atoms with Crippen LogP contribution in [0.4, 0.5) is 0 Å². The number of para-hydroxylation sites is 1. The number of hydrogen-bond acceptors (Lipinski definition) is 6. The van der Waals surface area contributed by atoms with Crippen LogP contribution in [0.15, 0.2) is 78.1 Å². The zero-order valence-electron chi connectivity index (χ0n) is 17.1. The highest BCUT2D eigenvalue weighted by Crippen LogP contribution is 2.39. The van der Waals surface area contributed by atoms with Crippen molar-refractivity contribution >= 4 is 10.0 Å². The number of sulfonamides is 1. The maximum absolute atomic E-state index is 13.5. The Hall–Kier alpha value is -2.81. The summed E-state index contributed by atoms with van der Waals surface area (Å²) in [5.74, 6) is 0.425. The minimum atomic E-state index is -3.72. The standard InChI is InChI=1S/C23H24N4O3S/c28-31(29)22-9-2-1-8-21(22)30-23(18-27(31)16-20-7-3-4-12-25-20)10-13-26(17-23)15-19-6-5-11-24-14-19/h1-9,11-12,14H,10,13,15-18H2/t23-/m0/s1. The fourth-order valence-corrected chi connectivity index (χ4v) is 6.00. The van der Waals surface area contributed by atoms with E-state index in [4.69, 9.17) is 4.74 Å². The Morgan fingerprint density at radius 3 is 2.65 bits per heavy atom. The van der Waals surface area contributed by atoms with Gasteiger partial charge in [0.15, 0.2) is 0 Å². The Balaban J connectivity index is 1.47. The van der Waals surface area contributed by atoms with Crippen molar-refractivity contribution in [3.05, 3.63) is 84.4 Å². The second-order valence-electron chi connectivity index (χ2n) is 8.15. The molecule has 3 aromatic rings. The van der Waals surface area contributed by atoms with E-state index in [1.165, 1.54) is 4.31 Å². The summed E-state index contributed by atoms with van der Waals surface area (Å²) >= 11 is 0. The first-order valence-electron chi connectivity index (χ1n) is 10.3. The minimum absolute atomic E-state index is 0.214. The van der Waals surface area contributed by atoms with Gasteiger partial charge in [-0.2, -0.15) is 4.31 Å². The first-order chi connectivity index (χ1) is 15.0. The molecule has 0 N–H and O–H groups in total. The molecule has 2 aliphatic rings. The molecule has 8 heteroatoms. The van der Waals surface area contributed by atoms with E-state index < -0.39 is 15.6 Å². The van der Waals surface area contributed by atoms with Gasteiger partial charge in [-0.3, -0.25) is 14.9 Å². The Kier molecular flexibility index (Phi) is 5.21. The van der Waals surface area contributed by atoms with Gasteiger partial charge in [0.1, 0.15) is 16.2 Å². The minimum Gasteiger partial charge on any atom is -0.483 e. The lowest BCUT2D eigenvalue weighted by atomic mass is 10.0. The lowest BCUT2D eigenvalue weighted by molar-refractivity contribution is 0.0568. The van der Waals surface area contributed by atoms with E-state index in [9.17, 15) is 8.42 Å². The number of benzene rings is 1. The number of likely N-dealkylation sites (tertiary alicyclic amines) is 1. The molecule has 5 rings (SSSR count). The molecule has 0 amide bonds. The van der Waals surface area contributed by atoms with Gasteiger partial charge in [-0.1, -0.05) is 24.3 Å². The molecule has 1 fully saturated rings. The topological polar surface area (TPSA) is 75.6 Å². The lowest BCUT2D eigenvalue weighted by Crippen LogP contribution is -2.49. The van der Waals surface area contributed by atoms with Crippen LogP contribution in [0.2, 0.25) is 0 Å². The van der Waals surface area contributed by atoms with E-state index in [1.807, 2.05) is 36.5 Å².